The summed E-state index contributed by atoms with van der Waals surface area (Å²) >= 11 is 0. The van der Waals surface area contributed by atoms with Gasteiger partial charge in [-0.1, -0.05) is 31.2 Å². The van der Waals surface area contributed by atoms with Gasteiger partial charge in [-0.15, -0.1) is 0 Å². The predicted octanol–water partition coefficient (Wildman–Crippen LogP) is 1.17. The van der Waals surface area contributed by atoms with Gasteiger partial charge in [-0.3, -0.25) is 4.79 Å². The van der Waals surface area contributed by atoms with Gasteiger partial charge in [0.2, 0.25) is 5.91 Å². The molecular weight excluding hydrogens is 176 g/mol. The summed E-state index contributed by atoms with van der Waals surface area (Å²) in [5.74, 6) is 0.0665. The summed E-state index contributed by atoms with van der Waals surface area (Å²) in [5.41, 5.74) is 7.76. The zero-order valence-electron chi connectivity index (χ0n) is 8.42. The van der Waals surface area contributed by atoms with E-state index in [1.165, 1.54) is 0 Å². The van der Waals surface area contributed by atoms with Crippen molar-refractivity contribution in [3.8, 4) is 0 Å². The fourth-order valence-corrected chi connectivity index (χ4v) is 1.25. The maximum Gasteiger partial charge on any atom is 0.219 e. The van der Waals surface area contributed by atoms with Gasteiger partial charge < -0.3 is 11.1 Å². The minimum absolute atomic E-state index is 0.0665. The Morgan fingerprint density at radius 3 is 2.57 bits per heavy atom. The van der Waals surface area contributed by atoms with E-state index in [-0.39, 0.29) is 5.91 Å². The van der Waals surface area contributed by atoms with Gasteiger partial charge in [-0.25, -0.2) is 0 Å². The molecule has 3 nitrogen and oxygen atoms in total. The molecular formula is C11H16N2O. The van der Waals surface area contributed by atoms with Crippen molar-refractivity contribution in [2.24, 2.45) is 5.73 Å². The lowest BCUT2D eigenvalue weighted by molar-refractivity contribution is -0.120. The number of nitrogens with two attached hydrogens (primary N) is 1. The Balaban J connectivity index is 2.61. The fourth-order valence-electron chi connectivity index (χ4n) is 1.25. The van der Waals surface area contributed by atoms with Gasteiger partial charge in [0.1, 0.15) is 0 Å². The van der Waals surface area contributed by atoms with E-state index in [9.17, 15) is 4.79 Å². The second kappa shape index (κ2) is 5.40. The van der Waals surface area contributed by atoms with Crippen molar-refractivity contribution in [2.45, 2.75) is 26.4 Å². The van der Waals surface area contributed by atoms with Crippen molar-refractivity contribution in [3.63, 3.8) is 0 Å². The summed E-state index contributed by atoms with van der Waals surface area (Å²) < 4.78 is 0. The molecule has 0 aliphatic carbocycles. The molecule has 0 atom stereocenters. The first kappa shape index (κ1) is 10.7. The first-order valence-electron chi connectivity index (χ1n) is 4.81. The third-order valence-electron chi connectivity index (χ3n) is 2.14. The lowest BCUT2D eigenvalue weighted by Crippen LogP contribution is -2.22. The monoisotopic (exact) mass is 192 g/mol. The number of hydrogen-bond donors (Lipinski definition) is 2. The van der Waals surface area contributed by atoms with Crippen molar-refractivity contribution in [1.29, 1.82) is 0 Å². The number of amides is 1. The molecule has 0 unspecified atom stereocenters. The van der Waals surface area contributed by atoms with Crippen LogP contribution in [0.4, 0.5) is 0 Å². The lowest BCUT2D eigenvalue weighted by Gasteiger charge is -2.08. The van der Waals surface area contributed by atoms with Crippen LogP contribution in [0.15, 0.2) is 24.3 Å². The Labute approximate surface area is 84.3 Å². The largest absolute Gasteiger partial charge is 0.352 e. The third kappa shape index (κ3) is 2.85. The molecule has 0 bridgehead atoms. The summed E-state index contributed by atoms with van der Waals surface area (Å²) in [6.45, 7) is 2.92. The topological polar surface area (TPSA) is 55.1 Å². The number of rotatable bonds is 4. The lowest BCUT2D eigenvalue weighted by atomic mass is 10.1. The van der Waals surface area contributed by atoms with Crippen LogP contribution in [0, 0.1) is 0 Å². The van der Waals surface area contributed by atoms with Gasteiger partial charge >= 0.3 is 0 Å². The second-order valence-corrected chi connectivity index (χ2v) is 3.10. The number of nitrogens with one attached hydrogen (secondary N) is 1. The van der Waals surface area contributed by atoms with Crippen molar-refractivity contribution in [1.82, 2.24) is 5.32 Å². The van der Waals surface area contributed by atoms with Gasteiger partial charge in [0.15, 0.2) is 0 Å². The van der Waals surface area contributed by atoms with Crippen LogP contribution in [0.2, 0.25) is 0 Å². The highest BCUT2D eigenvalue weighted by molar-refractivity contribution is 5.75. The van der Waals surface area contributed by atoms with Gasteiger partial charge in [-0.2, -0.15) is 0 Å². The van der Waals surface area contributed by atoms with Gasteiger partial charge in [0.25, 0.3) is 0 Å². The van der Waals surface area contributed by atoms with Crippen LogP contribution in [-0.4, -0.2) is 5.91 Å². The standard InChI is InChI=1S/C11H16N2O/c1-2-11(14)13-8-10-6-4-3-5-9(10)7-12/h3-6H,2,7-8,12H2,1H3,(H,13,14). The van der Waals surface area contributed by atoms with Crippen molar-refractivity contribution in [2.75, 3.05) is 0 Å². The summed E-state index contributed by atoms with van der Waals surface area (Å²) in [7, 11) is 0. The number of benzene rings is 1. The molecule has 0 saturated heterocycles. The van der Waals surface area contributed by atoms with Crippen molar-refractivity contribution < 1.29 is 4.79 Å². The van der Waals surface area contributed by atoms with E-state index in [4.69, 9.17) is 5.73 Å². The molecule has 0 fully saturated rings. The first-order chi connectivity index (χ1) is 6.77. The molecule has 1 rings (SSSR count). The highest BCUT2D eigenvalue weighted by Gasteiger charge is 2.01. The van der Waals surface area contributed by atoms with Crippen LogP contribution >= 0.6 is 0 Å². The molecule has 0 saturated carbocycles. The van der Waals surface area contributed by atoms with Crippen LogP contribution in [0.1, 0.15) is 24.5 Å². The van der Waals surface area contributed by atoms with E-state index in [1.54, 1.807) is 0 Å². The molecule has 0 aliphatic rings. The summed E-state index contributed by atoms with van der Waals surface area (Å²) in [6.07, 6.45) is 0.519. The van der Waals surface area contributed by atoms with Crippen molar-refractivity contribution >= 4 is 5.91 Å². The molecule has 0 aromatic heterocycles. The normalized spacial score (nSPS) is 9.86. The Bertz CT molecular complexity index is 310. The molecule has 0 radical (unpaired) electrons. The maximum atomic E-state index is 11.0. The van der Waals surface area contributed by atoms with E-state index in [0.29, 0.717) is 19.5 Å². The molecule has 1 amide bonds. The molecule has 3 N–H and O–H groups in total. The molecule has 1 aromatic rings. The van der Waals surface area contributed by atoms with Crippen molar-refractivity contribution in [3.05, 3.63) is 35.4 Å². The van der Waals surface area contributed by atoms with Gasteiger partial charge in [-0.05, 0) is 11.1 Å². The smallest absolute Gasteiger partial charge is 0.219 e. The Morgan fingerprint density at radius 2 is 2.00 bits per heavy atom. The third-order valence-corrected chi connectivity index (χ3v) is 2.14. The van der Waals surface area contributed by atoms with Crippen LogP contribution in [-0.2, 0) is 17.9 Å². The SMILES string of the molecule is CCC(=O)NCc1ccccc1CN. The van der Waals surface area contributed by atoms with Crippen LogP contribution < -0.4 is 11.1 Å². The highest BCUT2D eigenvalue weighted by atomic mass is 16.1. The minimum atomic E-state index is 0.0665. The minimum Gasteiger partial charge on any atom is -0.352 e. The van der Waals surface area contributed by atoms with Gasteiger partial charge in [0.05, 0.1) is 0 Å². The van der Waals surface area contributed by atoms with Crippen LogP contribution in [0.3, 0.4) is 0 Å². The average Bonchev–Trinajstić information content (AvgIpc) is 2.26. The molecule has 3 heteroatoms. The van der Waals surface area contributed by atoms with E-state index in [0.717, 1.165) is 11.1 Å². The maximum absolute atomic E-state index is 11.0. The number of hydrogen-bond acceptors (Lipinski definition) is 2. The molecule has 0 spiro atoms. The Morgan fingerprint density at radius 1 is 1.36 bits per heavy atom. The predicted molar refractivity (Wildman–Crippen MR) is 56.5 cm³/mol. The first-order valence-corrected chi connectivity index (χ1v) is 4.81. The molecule has 0 aliphatic heterocycles. The summed E-state index contributed by atoms with van der Waals surface area (Å²) in [6, 6.07) is 7.87. The average molecular weight is 192 g/mol. The highest BCUT2D eigenvalue weighted by Crippen LogP contribution is 2.07. The van der Waals surface area contributed by atoms with Crippen LogP contribution in [0.5, 0.6) is 0 Å². The van der Waals surface area contributed by atoms with E-state index in [1.807, 2.05) is 31.2 Å². The zero-order valence-corrected chi connectivity index (χ0v) is 8.42. The van der Waals surface area contributed by atoms with E-state index in [2.05, 4.69) is 5.32 Å². The molecule has 1 aromatic carbocycles. The fraction of sp³-hybridized carbons (Fsp3) is 0.364. The summed E-state index contributed by atoms with van der Waals surface area (Å²) in [5, 5.41) is 2.83. The van der Waals surface area contributed by atoms with E-state index < -0.39 is 0 Å². The van der Waals surface area contributed by atoms with E-state index >= 15 is 0 Å². The van der Waals surface area contributed by atoms with Crippen LogP contribution in [0.25, 0.3) is 0 Å². The quantitative estimate of drug-likeness (QED) is 0.752. The molecule has 0 heterocycles. The molecule has 14 heavy (non-hydrogen) atoms. The molecule has 76 valence electrons. The summed E-state index contributed by atoms with van der Waals surface area (Å²) in [4.78, 5) is 11.0. The van der Waals surface area contributed by atoms with Gasteiger partial charge in [0, 0.05) is 19.5 Å². The number of carbonyl (C=O) groups excluding carboxylic acids is 1. The number of carbonyl (C=O) groups is 1. The zero-order chi connectivity index (χ0) is 10.4. The second-order valence-electron chi connectivity index (χ2n) is 3.10. The Kier molecular flexibility index (Phi) is 4.13. The Hall–Kier alpha value is -1.35.